The second-order valence-corrected chi connectivity index (χ2v) is 4.95. The van der Waals surface area contributed by atoms with E-state index in [-0.39, 0.29) is 12.1 Å². The minimum Gasteiger partial charge on any atom is -0.468 e. The zero-order valence-corrected chi connectivity index (χ0v) is 12.4. The maximum atomic E-state index is 11.9. The Labute approximate surface area is 116 Å². The summed E-state index contributed by atoms with van der Waals surface area (Å²) < 4.78 is 16.1. The van der Waals surface area contributed by atoms with Crippen LogP contribution in [-0.2, 0) is 19.0 Å². The third-order valence-corrected chi connectivity index (χ3v) is 3.49. The molecular weight excluding hydrogens is 246 g/mol. The number of likely N-dealkylation sites (N-methyl/N-ethyl adjacent to an activating group) is 1. The van der Waals surface area contributed by atoms with E-state index in [9.17, 15) is 4.79 Å². The van der Waals surface area contributed by atoms with Gasteiger partial charge in [-0.05, 0) is 25.8 Å². The van der Waals surface area contributed by atoms with Crippen LogP contribution in [-0.4, -0.2) is 51.1 Å². The molecule has 1 aliphatic carbocycles. The van der Waals surface area contributed by atoms with Crippen LogP contribution in [0.4, 0.5) is 0 Å². The number of esters is 1. The van der Waals surface area contributed by atoms with E-state index in [0.29, 0.717) is 19.6 Å². The van der Waals surface area contributed by atoms with Gasteiger partial charge in [-0.2, -0.15) is 0 Å². The van der Waals surface area contributed by atoms with E-state index in [1.807, 2.05) is 6.92 Å². The van der Waals surface area contributed by atoms with Crippen LogP contribution >= 0.6 is 0 Å². The number of methoxy groups -OCH3 is 1. The van der Waals surface area contributed by atoms with Crippen molar-refractivity contribution < 1.29 is 19.0 Å². The molecule has 0 spiro atoms. The predicted molar refractivity (Wildman–Crippen MR) is 73.1 cm³/mol. The van der Waals surface area contributed by atoms with Crippen molar-refractivity contribution in [3.8, 4) is 0 Å². The molecule has 1 rings (SSSR count). The summed E-state index contributed by atoms with van der Waals surface area (Å²) >= 11 is 0. The zero-order valence-electron chi connectivity index (χ0n) is 12.4. The Morgan fingerprint density at radius 3 is 2.74 bits per heavy atom. The van der Waals surface area contributed by atoms with Crippen molar-refractivity contribution in [1.82, 2.24) is 5.32 Å². The molecular formula is C14H27NO4. The van der Waals surface area contributed by atoms with Gasteiger partial charge in [-0.3, -0.25) is 4.79 Å². The van der Waals surface area contributed by atoms with Crippen LogP contribution in [0.5, 0.6) is 0 Å². The summed E-state index contributed by atoms with van der Waals surface area (Å²) in [7, 11) is 1.44. The van der Waals surface area contributed by atoms with Crippen LogP contribution in [0.3, 0.4) is 0 Å². The van der Waals surface area contributed by atoms with Gasteiger partial charge in [0.1, 0.15) is 5.54 Å². The van der Waals surface area contributed by atoms with E-state index < -0.39 is 5.54 Å². The van der Waals surface area contributed by atoms with Gasteiger partial charge < -0.3 is 19.5 Å². The number of hydrogen-bond donors (Lipinski definition) is 1. The maximum absolute atomic E-state index is 11.9. The molecule has 112 valence electrons. The van der Waals surface area contributed by atoms with E-state index in [1.165, 1.54) is 7.11 Å². The molecule has 2 unspecified atom stereocenters. The van der Waals surface area contributed by atoms with Gasteiger partial charge in [0.2, 0.25) is 0 Å². The van der Waals surface area contributed by atoms with Gasteiger partial charge in [0, 0.05) is 13.0 Å². The highest BCUT2D eigenvalue weighted by molar-refractivity contribution is 5.81. The molecule has 19 heavy (non-hydrogen) atoms. The van der Waals surface area contributed by atoms with Crippen molar-refractivity contribution >= 4 is 5.97 Å². The minimum absolute atomic E-state index is 0.114. The molecule has 1 aliphatic rings. The second kappa shape index (κ2) is 8.51. The first kappa shape index (κ1) is 16.4. The summed E-state index contributed by atoms with van der Waals surface area (Å²) in [5, 5.41) is 3.26. The number of nitrogens with one attached hydrogen (secondary N) is 1. The van der Waals surface area contributed by atoms with Crippen LogP contribution in [0.2, 0.25) is 0 Å². The minimum atomic E-state index is -0.557. The van der Waals surface area contributed by atoms with Crippen LogP contribution in [0.15, 0.2) is 0 Å². The molecule has 1 N–H and O–H groups in total. The van der Waals surface area contributed by atoms with E-state index >= 15 is 0 Å². The lowest BCUT2D eigenvalue weighted by Gasteiger charge is -2.27. The monoisotopic (exact) mass is 273 g/mol. The standard InChI is InChI=1S/C14H27NO4/c1-4-8-18-9-10-19-12-6-7-14(11-12,15-5-2)13(16)17-3/h12,15H,4-11H2,1-3H3. The normalized spacial score (nSPS) is 26.6. The van der Waals surface area contributed by atoms with Crippen LogP contribution in [0.1, 0.15) is 39.5 Å². The lowest BCUT2D eigenvalue weighted by Crippen LogP contribution is -2.51. The third kappa shape index (κ3) is 4.75. The molecule has 0 bridgehead atoms. The van der Waals surface area contributed by atoms with E-state index in [2.05, 4.69) is 12.2 Å². The molecule has 5 heteroatoms. The summed E-state index contributed by atoms with van der Waals surface area (Å²) in [5.41, 5.74) is -0.557. The van der Waals surface area contributed by atoms with Gasteiger partial charge in [0.15, 0.2) is 0 Å². The molecule has 5 nitrogen and oxygen atoms in total. The Balaban J connectivity index is 2.35. The van der Waals surface area contributed by atoms with Crippen molar-refractivity contribution in [2.75, 3.05) is 33.5 Å². The smallest absolute Gasteiger partial charge is 0.326 e. The molecule has 1 fully saturated rings. The summed E-state index contributed by atoms with van der Waals surface area (Å²) in [6.07, 6.45) is 3.48. The molecule has 0 aromatic carbocycles. The zero-order chi connectivity index (χ0) is 14.1. The summed E-state index contributed by atoms with van der Waals surface area (Å²) in [6, 6.07) is 0. The van der Waals surface area contributed by atoms with Gasteiger partial charge in [-0.25, -0.2) is 0 Å². The fourth-order valence-corrected chi connectivity index (χ4v) is 2.61. The van der Waals surface area contributed by atoms with Crippen LogP contribution in [0.25, 0.3) is 0 Å². The fourth-order valence-electron chi connectivity index (χ4n) is 2.61. The Morgan fingerprint density at radius 2 is 2.11 bits per heavy atom. The summed E-state index contributed by atoms with van der Waals surface area (Å²) in [4.78, 5) is 11.9. The molecule has 0 amide bonds. The van der Waals surface area contributed by atoms with Gasteiger partial charge in [-0.1, -0.05) is 13.8 Å². The summed E-state index contributed by atoms with van der Waals surface area (Å²) in [5.74, 6) is -0.178. The number of rotatable bonds is 9. The molecule has 0 radical (unpaired) electrons. The number of ether oxygens (including phenoxy) is 3. The van der Waals surface area contributed by atoms with Gasteiger partial charge >= 0.3 is 5.97 Å². The molecule has 0 heterocycles. The topological polar surface area (TPSA) is 56.8 Å². The Hall–Kier alpha value is -0.650. The maximum Gasteiger partial charge on any atom is 0.326 e. The first-order chi connectivity index (χ1) is 9.18. The Kier molecular flexibility index (Phi) is 7.34. The van der Waals surface area contributed by atoms with E-state index in [0.717, 1.165) is 32.4 Å². The highest BCUT2D eigenvalue weighted by atomic mass is 16.5. The van der Waals surface area contributed by atoms with Gasteiger partial charge in [0.25, 0.3) is 0 Å². The third-order valence-electron chi connectivity index (χ3n) is 3.49. The molecule has 0 aromatic heterocycles. The lowest BCUT2D eigenvalue weighted by molar-refractivity contribution is -0.148. The molecule has 0 aromatic rings. The average Bonchev–Trinajstić information content (AvgIpc) is 2.83. The lowest BCUT2D eigenvalue weighted by atomic mass is 9.97. The van der Waals surface area contributed by atoms with Crippen LogP contribution < -0.4 is 5.32 Å². The molecule has 0 saturated heterocycles. The SMILES string of the molecule is CCCOCCOC1CCC(NCC)(C(=O)OC)C1. The van der Waals surface area contributed by atoms with Gasteiger partial charge in [-0.15, -0.1) is 0 Å². The molecule has 0 aliphatic heterocycles. The summed E-state index contributed by atoms with van der Waals surface area (Å²) in [6.45, 7) is 6.82. The first-order valence-electron chi connectivity index (χ1n) is 7.21. The fraction of sp³-hybridized carbons (Fsp3) is 0.929. The van der Waals surface area contributed by atoms with Crippen molar-refractivity contribution in [3.63, 3.8) is 0 Å². The largest absolute Gasteiger partial charge is 0.468 e. The van der Waals surface area contributed by atoms with Gasteiger partial charge in [0.05, 0.1) is 26.4 Å². The number of hydrogen-bond acceptors (Lipinski definition) is 5. The highest BCUT2D eigenvalue weighted by Crippen LogP contribution is 2.33. The van der Waals surface area contributed by atoms with Crippen LogP contribution in [0, 0.1) is 0 Å². The van der Waals surface area contributed by atoms with E-state index in [1.54, 1.807) is 0 Å². The first-order valence-corrected chi connectivity index (χ1v) is 7.21. The molecule has 2 atom stereocenters. The predicted octanol–water partition coefficient (Wildman–Crippen LogP) is 1.50. The van der Waals surface area contributed by atoms with Crippen molar-refractivity contribution in [3.05, 3.63) is 0 Å². The average molecular weight is 273 g/mol. The highest BCUT2D eigenvalue weighted by Gasteiger charge is 2.46. The van der Waals surface area contributed by atoms with E-state index in [4.69, 9.17) is 14.2 Å². The quantitative estimate of drug-likeness (QED) is 0.510. The van der Waals surface area contributed by atoms with Crippen molar-refractivity contribution in [1.29, 1.82) is 0 Å². The molecule has 1 saturated carbocycles. The number of carbonyl (C=O) groups is 1. The Bertz CT molecular complexity index is 272. The van der Waals surface area contributed by atoms with Crippen molar-refractivity contribution in [2.24, 2.45) is 0 Å². The second-order valence-electron chi connectivity index (χ2n) is 4.95. The number of carbonyl (C=O) groups excluding carboxylic acids is 1. The van der Waals surface area contributed by atoms with Crippen molar-refractivity contribution in [2.45, 2.75) is 51.2 Å². The Morgan fingerprint density at radius 1 is 1.32 bits per heavy atom.